The highest BCUT2D eigenvalue weighted by molar-refractivity contribution is 7.89. The van der Waals surface area contributed by atoms with Gasteiger partial charge in [-0.05, 0) is 44.0 Å². The average Bonchev–Trinajstić information content (AvgIpc) is 2.90. The number of hydrogen-bond donors (Lipinski definition) is 0. The molecular weight excluding hydrogens is 278 g/mol. The van der Waals surface area contributed by atoms with Gasteiger partial charge in [-0.25, -0.2) is 8.42 Å². The number of ether oxygens (including phenoxy) is 2. The van der Waals surface area contributed by atoms with Gasteiger partial charge in [0.2, 0.25) is 10.0 Å². The van der Waals surface area contributed by atoms with E-state index >= 15 is 0 Å². The monoisotopic (exact) mass is 299 g/mol. The number of sulfonamides is 1. The third kappa shape index (κ3) is 2.97. The van der Waals surface area contributed by atoms with E-state index in [4.69, 9.17) is 9.47 Å². The molecule has 1 saturated heterocycles. The molecule has 1 unspecified atom stereocenters. The van der Waals surface area contributed by atoms with Crippen molar-refractivity contribution in [3.8, 4) is 5.75 Å². The average molecular weight is 299 g/mol. The van der Waals surface area contributed by atoms with Crippen molar-refractivity contribution in [3.63, 3.8) is 0 Å². The Balaban J connectivity index is 2.24. The molecule has 1 aromatic rings. The highest BCUT2D eigenvalue weighted by Gasteiger charge is 2.32. The molecule has 1 aliphatic rings. The molecule has 1 heterocycles. The third-order valence-electron chi connectivity index (χ3n) is 3.53. The van der Waals surface area contributed by atoms with Crippen LogP contribution >= 0.6 is 0 Å². The van der Waals surface area contributed by atoms with Gasteiger partial charge in [0, 0.05) is 20.2 Å². The van der Waals surface area contributed by atoms with Crippen LogP contribution in [0.25, 0.3) is 0 Å². The van der Waals surface area contributed by atoms with Crippen LogP contribution in [0.3, 0.4) is 0 Å². The van der Waals surface area contributed by atoms with Crippen LogP contribution in [0.5, 0.6) is 5.75 Å². The zero-order chi connectivity index (χ0) is 14.8. The number of hydrogen-bond acceptors (Lipinski definition) is 4. The first-order chi connectivity index (χ1) is 9.48. The minimum atomic E-state index is -3.44. The zero-order valence-electron chi connectivity index (χ0n) is 12.1. The fourth-order valence-corrected chi connectivity index (χ4v) is 3.93. The maximum Gasteiger partial charge on any atom is 0.243 e. The van der Waals surface area contributed by atoms with E-state index in [2.05, 4.69) is 0 Å². The largest absolute Gasteiger partial charge is 0.494 e. The molecule has 1 atom stereocenters. The summed E-state index contributed by atoms with van der Waals surface area (Å²) in [6.07, 6.45) is 0.736. The second kappa shape index (κ2) is 6.11. The summed E-state index contributed by atoms with van der Waals surface area (Å²) in [4.78, 5) is 0.315. The highest BCUT2D eigenvalue weighted by Crippen LogP contribution is 2.26. The minimum Gasteiger partial charge on any atom is -0.494 e. The number of rotatable bonds is 5. The van der Waals surface area contributed by atoms with Gasteiger partial charge in [-0.1, -0.05) is 0 Å². The molecule has 2 rings (SSSR count). The summed E-state index contributed by atoms with van der Waals surface area (Å²) < 4.78 is 37.2. The molecule has 0 saturated carbocycles. The number of aryl methyl sites for hydroxylation is 1. The summed E-state index contributed by atoms with van der Waals surface area (Å²) in [5.41, 5.74) is 0.829. The second-order valence-electron chi connectivity index (χ2n) is 4.87. The van der Waals surface area contributed by atoms with Crippen LogP contribution in [-0.2, 0) is 14.8 Å². The molecule has 1 aliphatic heterocycles. The van der Waals surface area contributed by atoms with Gasteiger partial charge in [-0.3, -0.25) is 0 Å². The van der Waals surface area contributed by atoms with E-state index in [1.807, 2.05) is 13.8 Å². The molecule has 0 N–H and O–H groups in total. The standard InChI is InChI=1S/C14H21NO4S/c1-4-19-14-6-5-13(9-11(14)2)20(16,17)15-8-7-12(10-15)18-3/h5-6,9,12H,4,7-8,10H2,1-3H3. The summed E-state index contributed by atoms with van der Waals surface area (Å²) in [6.45, 7) is 5.25. The topological polar surface area (TPSA) is 55.8 Å². The third-order valence-corrected chi connectivity index (χ3v) is 5.39. The minimum absolute atomic E-state index is 0.00595. The van der Waals surface area contributed by atoms with Gasteiger partial charge in [0.05, 0.1) is 17.6 Å². The first-order valence-electron chi connectivity index (χ1n) is 6.75. The Morgan fingerprint density at radius 1 is 1.40 bits per heavy atom. The molecule has 6 heteroatoms. The van der Waals surface area contributed by atoms with Crippen molar-refractivity contribution < 1.29 is 17.9 Å². The zero-order valence-corrected chi connectivity index (χ0v) is 12.9. The lowest BCUT2D eigenvalue weighted by atomic mass is 10.2. The molecule has 5 nitrogen and oxygen atoms in total. The fourth-order valence-electron chi connectivity index (χ4n) is 2.36. The maximum absolute atomic E-state index is 12.5. The number of methoxy groups -OCH3 is 1. The van der Waals surface area contributed by atoms with Gasteiger partial charge >= 0.3 is 0 Å². The van der Waals surface area contributed by atoms with Gasteiger partial charge in [-0.2, -0.15) is 4.31 Å². The van der Waals surface area contributed by atoms with Crippen LogP contribution < -0.4 is 4.74 Å². The van der Waals surface area contributed by atoms with Crippen LogP contribution in [0.1, 0.15) is 18.9 Å². The summed E-state index contributed by atoms with van der Waals surface area (Å²) in [5, 5.41) is 0. The molecule has 0 spiro atoms. The van der Waals surface area contributed by atoms with Crippen LogP contribution in [0.4, 0.5) is 0 Å². The molecule has 112 valence electrons. The van der Waals surface area contributed by atoms with Gasteiger partial charge in [0.25, 0.3) is 0 Å². The smallest absolute Gasteiger partial charge is 0.243 e. The van der Waals surface area contributed by atoms with Crippen molar-refractivity contribution in [1.82, 2.24) is 4.31 Å². The van der Waals surface area contributed by atoms with Gasteiger partial charge < -0.3 is 9.47 Å². The van der Waals surface area contributed by atoms with E-state index in [1.54, 1.807) is 25.3 Å². The maximum atomic E-state index is 12.5. The first kappa shape index (κ1) is 15.3. The van der Waals surface area contributed by atoms with Gasteiger partial charge in [0.1, 0.15) is 5.75 Å². The predicted molar refractivity (Wildman–Crippen MR) is 76.5 cm³/mol. The molecule has 1 fully saturated rings. The Bertz CT molecular complexity index is 571. The normalized spacial score (nSPS) is 20.2. The van der Waals surface area contributed by atoms with Crippen LogP contribution in [0, 0.1) is 6.92 Å². The van der Waals surface area contributed by atoms with Gasteiger partial charge in [0.15, 0.2) is 0 Å². The van der Waals surface area contributed by atoms with E-state index in [1.165, 1.54) is 4.31 Å². The first-order valence-corrected chi connectivity index (χ1v) is 8.19. The van der Waals surface area contributed by atoms with Crippen molar-refractivity contribution >= 4 is 10.0 Å². The lowest BCUT2D eigenvalue weighted by Crippen LogP contribution is -2.30. The lowest BCUT2D eigenvalue weighted by Gasteiger charge is -2.17. The van der Waals surface area contributed by atoms with Crippen molar-refractivity contribution in [1.29, 1.82) is 0 Å². The molecule has 0 aliphatic carbocycles. The Hall–Kier alpha value is -1.11. The summed E-state index contributed by atoms with van der Waals surface area (Å²) in [5.74, 6) is 0.725. The summed E-state index contributed by atoms with van der Waals surface area (Å²) in [7, 11) is -1.83. The van der Waals surface area contributed by atoms with E-state index in [0.717, 1.165) is 17.7 Å². The van der Waals surface area contributed by atoms with Crippen molar-refractivity contribution in [2.45, 2.75) is 31.3 Å². The Kier molecular flexibility index (Phi) is 4.67. The predicted octanol–water partition coefficient (Wildman–Crippen LogP) is 1.80. The molecule has 1 aromatic carbocycles. The second-order valence-corrected chi connectivity index (χ2v) is 6.81. The lowest BCUT2D eigenvalue weighted by molar-refractivity contribution is 0.115. The fraction of sp³-hybridized carbons (Fsp3) is 0.571. The quantitative estimate of drug-likeness (QED) is 0.832. The summed E-state index contributed by atoms with van der Waals surface area (Å²) in [6, 6.07) is 4.99. The van der Waals surface area contributed by atoms with Crippen LogP contribution in [0.15, 0.2) is 23.1 Å². The van der Waals surface area contributed by atoms with E-state index in [0.29, 0.717) is 24.6 Å². The molecule has 20 heavy (non-hydrogen) atoms. The number of nitrogens with zero attached hydrogens (tertiary/aromatic N) is 1. The Morgan fingerprint density at radius 2 is 2.15 bits per heavy atom. The Morgan fingerprint density at radius 3 is 2.70 bits per heavy atom. The highest BCUT2D eigenvalue weighted by atomic mass is 32.2. The van der Waals surface area contributed by atoms with Gasteiger partial charge in [-0.15, -0.1) is 0 Å². The molecular formula is C14H21NO4S. The van der Waals surface area contributed by atoms with E-state index in [-0.39, 0.29) is 6.10 Å². The van der Waals surface area contributed by atoms with E-state index < -0.39 is 10.0 Å². The molecule has 0 aromatic heterocycles. The van der Waals surface area contributed by atoms with Crippen molar-refractivity contribution in [3.05, 3.63) is 23.8 Å². The van der Waals surface area contributed by atoms with Crippen LogP contribution in [-0.4, -0.2) is 45.6 Å². The van der Waals surface area contributed by atoms with E-state index in [9.17, 15) is 8.42 Å². The summed E-state index contributed by atoms with van der Waals surface area (Å²) >= 11 is 0. The van der Waals surface area contributed by atoms with Crippen LogP contribution in [0.2, 0.25) is 0 Å². The van der Waals surface area contributed by atoms with Crippen molar-refractivity contribution in [2.24, 2.45) is 0 Å². The molecule has 0 amide bonds. The molecule has 0 radical (unpaired) electrons. The number of benzene rings is 1. The molecule has 0 bridgehead atoms. The SMILES string of the molecule is CCOc1ccc(S(=O)(=O)N2CCC(OC)C2)cc1C. The van der Waals surface area contributed by atoms with Crippen molar-refractivity contribution in [2.75, 3.05) is 26.8 Å². The Labute approximate surface area is 120 Å².